The largest absolute Gasteiger partial charge is 0.342 e. The fourth-order valence-corrected chi connectivity index (χ4v) is 2.07. The first-order chi connectivity index (χ1) is 7.25. The Bertz CT molecular complexity index is 321. The van der Waals surface area contributed by atoms with Gasteiger partial charge < -0.3 is 4.90 Å². The molecule has 1 aliphatic rings. The van der Waals surface area contributed by atoms with E-state index in [2.05, 4.69) is 17.1 Å². The number of aromatic nitrogens is 2. The number of nitrogens with one attached hydrogen (secondary N) is 1. The van der Waals surface area contributed by atoms with E-state index < -0.39 is 0 Å². The summed E-state index contributed by atoms with van der Waals surface area (Å²) in [6.45, 7) is 4.03. The van der Waals surface area contributed by atoms with Crippen LogP contribution in [0, 0.1) is 5.92 Å². The molecule has 4 nitrogen and oxygen atoms in total. The normalized spacial score (nSPS) is 21.7. The van der Waals surface area contributed by atoms with E-state index in [-0.39, 0.29) is 5.91 Å². The van der Waals surface area contributed by atoms with Crippen LogP contribution in [0.4, 0.5) is 0 Å². The highest BCUT2D eigenvalue weighted by molar-refractivity contribution is 5.78. The first-order valence-electron chi connectivity index (χ1n) is 5.51. The molecule has 2 heterocycles. The van der Waals surface area contributed by atoms with Crippen molar-refractivity contribution in [1.82, 2.24) is 15.1 Å². The molecule has 0 aliphatic carbocycles. The molecule has 1 unspecified atom stereocenters. The van der Waals surface area contributed by atoms with Gasteiger partial charge in [-0.3, -0.25) is 9.89 Å². The second-order valence-corrected chi connectivity index (χ2v) is 4.35. The molecule has 15 heavy (non-hydrogen) atoms. The summed E-state index contributed by atoms with van der Waals surface area (Å²) in [7, 11) is 0. The van der Waals surface area contributed by atoms with Crippen LogP contribution in [-0.2, 0) is 11.2 Å². The Hall–Kier alpha value is -1.32. The summed E-state index contributed by atoms with van der Waals surface area (Å²) in [6.07, 6.45) is 4.51. The average molecular weight is 207 g/mol. The van der Waals surface area contributed by atoms with Crippen molar-refractivity contribution in [3.05, 3.63) is 18.0 Å². The van der Waals surface area contributed by atoms with Crippen LogP contribution < -0.4 is 0 Å². The summed E-state index contributed by atoms with van der Waals surface area (Å²) in [4.78, 5) is 13.9. The number of rotatable bonds is 2. The number of H-pyrrole nitrogens is 1. The number of piperidine rings is 1. The van der Waals surface area contributed by atoms with Crippen LogP contribution in [0.25, 0.3) is 0 Å². The topological polar surface area (TPSA) is 49.0 Å². The van der Waals surface area contributed by atoms with E-state index in [1.807, 2.05) is 11.0 Å². The zero-order chi connectivity index (χ0) is 10.7. The summed E-state index contributed by atoms with van der Waals surface area (Å²) < 4.78 is 0. The summed E-state index contributed by atoms with van der Waals surface area (Å²) >= 11 is 0. The number of hydrogen-bond acceptors (Lipinski definition) is 2. The summed E-state index contributed by atoms with van der Waals surface area (Å²) in [5, 5.41) is 6.66. The van der Waals surface area contributed by atoms with Gasteiger partial charge in [-0.1, -0.05) is 6.92 Å². The van der Waals surface area contributed by atoms with Crippen molar-refractivity contribution < 1.29 is 4.79 Å². The maximum Gasteiger partial charge on any atom is 0.228 e. The minimum absolute atomic E-state index is 0.214. The number of amides is 1. The van der Waals surface area contributed by atoms with Crippen molar-refractivity contribution in [3.63, 3.8) is 0 Å². The lowest BCUT2D eigenvalue weighted by molar-refractivity contribution is -0.132. The first-order valence-corrected chi connectivity index (χ1v) is 5.51. The number of hydrogen-bond donors (Lipinski definition) is 1. The third-order valence-electron chi connectivity index (χ3n) is 2.91. The monoisotopic (exact) mass is 207 g/mol. The number of likely N-dealkylation sites (tertiary alicyclic amines) is 1. The predicted molar refractivity (Wildman–Crippen MR) is 57.3 cm³/mol. The molecular weight excluding hydrogens is 190 g/mol. The number of carbonyl (C=O) groups is 1. The lowest BCUT2D eigenvalue weighted by Gasteiger charge is -2.30. The molecule has 0 bridgehead atoms. The molecule has 0 spiro atoms. The van der Waals surface area contributed by atoms with Gasteiger partial charge in [0.2, 0.25) is 5.91 Å². The minimum atomic E-state index is 0.214. The molecule has 1 aromatic heterocycles. The SMILES string of the molecule is CC1CCCN(C(=O)Cc2ccn[nH]2)C1. The quantitative estimate of drug-likeness (QED) is 0.792. The smallest absolute Gasteiger partial charge is 0.228 e. The van der Waals surface area contributed by atoms with Gasteiger partial charge in [0, 0.05) is 25.0 Å². The molecule has 1 N–H and O–H groups in total. The Morgan fingerprint density at radius 2 is 2.60 bits per heavy atom. The van der Waals surface area contributed by atoms with Crippen LogP contribution in [0.5, 0.6) is 0 Å². The standard InChI is InChI=1S/C11H17N3O/c1-9-3-2-6-14(8-9)11(15)7-10-4-5-12-13-10/h4-5,9H,2-3,6-8H2,1H3,(H,12,13). The molecule has 2 rings (SSSR count). The van der Waals surface area contributed by atoms with Gasteiger partial charge >= 0.3 is 0 Å². The molecule has 1 aliphatic heterocycles. The van der Waals surface area contributed by atoms with Gasteiger partial charge in [-0.25, -0.2) is 0 Å². The number of nitrogens with zero attached hydrogens (tertiary/aromatic N) is 2. The molecule has 1 aromatic rings. The summed E-state index contributed by atoms with van der Waals surface area (Å²) in [5.41, 5.74) is 0.901. The van der Waals surface area contributed by atoms with E-state index in [9.17, 15) is 4.79 Å². The van der Waals surface area contributed by atoms with Gasteiger partial charge in [-0.2, -0.15) is 5.10 Å². The fraction of sp³-hybridized carbons (Fsp3) is 0.636. The second kappa shape index (κ2) is 4.47. The third kappa shape index (κ3) is 2.58. The Morgan fingerprint density at radius 1 is 1.73 bits per heavy atom. The zero-order valence-electron chi connectivity index (χ0n) is 9.07. The van der Waals surface area contributed by atoms with Crippen molar-refractivity contribution >= 4 is 5.91 Å². The van der Waals surface area contributed by atoms with E-state index in [1.54, 1.807) is 6.20 Å². The zero-order valence-corrected chi connectivity index (χ0v) is 9.07. The van der Waals surface area contributed by atoms with Gasteiger partial charge in [0.05, 0.1) is 6.42 Å². The highest BCUT2D eigenvalue weighted by Gasteiger charge is 2.20. The van der Waals surface area contributed by atoms with Gasteiger partial charge in [0.1, 0.15) is 0 Å². The molecule has 0 saturated carbocycles. The van der Waals surface area contributed by atoms with Crippen molar-refractivity contribution in [3.8, 4) is 0 Å². The Morgan fingerprint density at radius 3 is 3.27 bits per heavy atom. The van der Waals surface area contributed by atoms with E-state index in [1.165, 1.54) is 6.42 Å². The van der Waals surface area contributed by atoms with Crippen LogP contribution in [0.15, 0.2) is 12.3 Å². The predicted octanol–water partition coefficient (Wildman–Crippen LogP) is 1.21. The van der Waals surface area contributed by atoms with Gasteiger partial charge in [-0.05, 0) is 24.8 Å². The minimum Gasteiger partial charge on any atom is -0.342 e. The summed E-state index contributed by atoms with van der Waals surface area (Å²) in [6, 6.07) is 1.85. The Labute approximate surface area is 89.7 Å². The van der Waals surface area contributed by atoms with Gasteiger partial charge in [0.15, 0.2) is 0 Å². The van der Waals surface area contributed by atoms with Gasteiger partial charge in [-0.15, -0.1) is 0 Å². The average Bonchev–Trinajstić information content (AvgIpc) is 2.70. The molecule has 1 fully saturated rings. The van der Waals surface area contributed by atoms with Crippen molar-refractivity contribution in [2.75, 3.05) is 13.1 Å². The van der Waals surface area contributed by atoms with Crippen molar-refractivity contribution in [1.29, 1.82) is 0 Å². The molecule has 0 aromatic carbocycles. The number of carbonyl (C=O) groups excluding carboxylic acids is 1. The van der Waals surface area contributed by atoms with Crippen LogP contribution in [-0.4, -0.2) is 34.1 Å². The van der Waals surface area contributed by atoms with Crippen molar-refractivity contribution in [2.24, 2.45) is 5.92 Å². The molecular formula is C11H17N3O. The van der Waals surface area contributed by atoms with Crippen LogP contribution >= 0.6 is 0 Å². The molecule has 4 heteroatoms. The summed E-state index contributed by atoms with van der Waals surface area (Å²) in [5.74, 6) is 0.857. The highest BCUT2D eigenvalue weighted by atomic mass is 16.2. The Kier molecular flexibility index (Phi) is 3.04. The maximum absolute atomic E-state index is 11.9. The molecule has 1 amide bonds. The lowest BCUT2D eigenvalue weighted by Crippen LogP contribution is -2.39. The highest BCUT2D eigenvalue weighted by Crippen LogP contribution is 2.16. The van der Waals surface area contributed by atoms with Crippen LogP contribution in [0.3, 0.4) is 0 Å². The van der Waals surface area contributed by atoms with Crippen LogP contribution in [0.2, 0.25) is 0 Å². The molecule has 1 atom stereocenters. The second-order valence-electron chi connectivity index (χ2n) is 4.35. The molecule has 1 saturated heterocycles. The van der Waals surface area contributed by atoms with E-state index in [4.69, 9.17) is 0 Å². The van der Waals surface area contributed by atoms with E-state index >= 15 is 0 Å². The molecule has 0 radical (unpaired) electrons. The van der Waals surface area contributed by atoms with Crippen LogP contribution in [0.1, 0.15) is 25.5 Å². The maximum atomic E-state index is 11.9. The lowest BCUT2D eigenvalue weighted by atomic mass is 10.00. The third-order valence-corrected chi connectivity index (χ3v) is 2.91. The van der Waals surface area contributed by atoms with Crippen molar-refractivity contribution in [2.45, 2.75) is 26.2 Å². The molecule has 82 valence electrons. The Balaban J connectivity index is 1.90. The first kappa shape index (κ1) is 10.2. The van der Waals surface area contributed by atoms with E-state index in [0.29, 0.717) is 12.3 Å². The van der Waals surface area contributed by atoms with E-state index in [0.717, 1.165) is 25.2 Å². The number of aromatic amines is 1. The fourth-order valence-electron chi connectivity index (χ4n) is 2.07. The van der Waals surface area contributed by atoms with Gasteiger partial charge in [0.25, 0.3) is 0 Å².